The highest BCUT2D eigenvalue weighted by atomic mass is 16.6. The number of methoxy groups -OCH3 is 4. The first-order valence-corrected chi connectivity index (χ1v) is 14.6. The monoisotopic (exact) mass is 640 g/mol. The fraction of sp³-hybridized carbons (Fsp3) is 0.469. The molecule has 3 aliphatic heterocycles. The van der Waals surface area contributed by atoms with E-state index in [0.29, 0.717) is 0 Å². The maximum absolute atomic E-state index is 14.0. The summed E-state index contributed by atoms with van der Waals surface area (Å²) in [5.74, 6) is -6.99. The van der Waals surface area contributed by atoms with Gasteiger partial charge in [-0.05, 0) is 11.1 Å². The van der Waals surface area contributed by atoms with Crippen molar-refractivity contribution in [3.63, 3.8) is 0 Å². The van der Waals surface area contributed by atoms with E-state index in [0.717, 1.165) is 44.6 Å². The summed E-state index contributed by atoms with van der Waals surface area (Å²) < 4.78 is 39.4. The number of carbonyl (C=O) groups is 5. The van der Waals surface area contributed by atoms with Gasteiger partial charge in [0.25, 0.3) is 5.72 Å². The first kappa shape index (κ1) is 33.0. The van der Waals surface area contributed by atoms with E-state index in [1.165, 1.54) is 5.01 Å². The lowest BCUT2D eigenvalue weighted by atomic mass is 9.73. The molecule has 7 atom stereocenters. The first-order chi connectivity index (χ1) is 22.2. The van der Waals surface area contributed by atoms with E-state index < -0.39 is 71.6 Å². The van der Waals surface area contributed by atoms with Gasteiger partial charge in [-0.2, -0.15) is 5.01 Å². The summed E-state index contributed by atoms with van der Waals surface area (Å²) in [5, 5.41) is 2.10. The minimum absolute atomic E-state index is 0.0520. The molecule has 0 spiro atoms. The number of ether oxygens (including phenoxy) is 7. The Hall–Kier alpha value is -4.37. The molecule has 46 heavy (non-hydrogen) atoms. The predicted octanol–water partition coefficient (Wildman–Crippen LogP) is 1.15. The van der Waals surface area contributed by atoms with E-state index in [1.54, 1.807) is 0 Å². The van der Waals surface area contributed by atoms with Crippen LogP contribution in [0.15, 0.2) is 60.7 Å². The molecule has 4 bridgehead atoms. The van der Waals surface area contributed by atoms with Crippen molar-refractivity contribution in [1.29, 1.82) is 0 Å². The van der Waals surface area contributed by atoms with Gasteiger partial charge in [0, 0.05) is 6.42 Å². The first-order valence-electron chi connectivity index (χ1n) is 14.6. The van der Waals surface area contributed by atoms with Crippen molar-refractivity contribution in [2.24, 2.45) is 5.92 Å². The van der Waals surface area contributed by atoms with Crippen LogP contribution in [0.4, 0.5) is 0 Å². The third kappa shape index (κ3) is 5.40. The molecule has 1 unspecified atom stereocenters. The van der Waals surface area contributed by atoms with Crippen molar-refractivity contribution in [1.82, 2.24) is 10.0 Å². The highest BCUT2D eigenvalue weighted by molar-refractivity contribution is 6.02. The Morgan fingerprint density at radius 1 is 0.826 bits per heavy atom. The third-order valence-electron chi connectivity index (χ3n) is 8.59. The van der Waals surface area contributed by atoms with Gasteiger partial charge in [0.1, 0.15) is 18.1 Å². The quantitative estimate of drug-likeness (QED) is 0.241. The Morgan fingerprint density at radius 2 is 1.43 bits per heavy atom. The molecule has 0 aliphatic carbocycles. The molecule has 14 heteroatoms. The molecule has 2 aromatic rings. The summed E-state index contributed by atoms with van der Waals surface area (Å²) in [6.07, 6.45) is -3.22. The third-order valence-corrected chi connectivity index (χ3v) is 8.59. The number of hydrogen-bond acceptors (Lipinski definition) is 13. The zero-order chi connectivity index (χ0) is 33.1. The molecule has 1 amide bonds. The molecular weight excluding hydrogens is 604 g/mol. The van der Waals surface area contributed by atoms with E-state index in [1.807, 2.05) is 60.7 Å². The van der Waals surface area contributed by atoms with Crippen LogP contribution in [0.25, 0.3) is 0 Å². The lowest BCUT2D eigenvalue weighted by molar-refractivity contribution is -0.241. The van der Waals surface area contributed by atoms with Gasteiger partial charge in [-0.15, -0.1) is 0 Å². The van der Waals surface area contributed by atoms with Gasteiger partial charge in [0.15, 0.2) is 5.54 Å². The molecule has 246 valence electrons. The number of esters is 4. The molecule has 3 heterocycles. The minimum Gasteiger partial charge on any atom is -0.469 e. The minimum atomic E-state index is -2.62. The van der Waals surface area contributed by atoms with E-state index in [4.69, 9.17) is 33.2 Å². The number of hydrogen-bond donors (Lipinski definition) is 0. The van der Waals surface area contributed by atoms with Gasteiger partial charge < -0.3 is 33.2 Å². The van der Waals surface area contributed by atoms with Crippen LogP contribution in [0, 0.1) is 5.92 Å². The highest BCUT2D eigenvalue weighted by Gasteiger charge is 2.84. The second-order valence-corrected chi connectivity index (χ2v) is 11.1. The molecule has 0 radical (unpaired) electrons. The van der Waals surface area contributed by atoms with Crippen molar-refractivity contribution in [2.45, 2.75) is 55.6 Å². The average Bonchev–Trinajstić information content (AvgIpc) is 3.51. The number of carbonyl (C=O) groups excluding carboxylic acids is 5. The molecule has 5 rings (SSSR count). The summed E-state index contributed by atoms with van der Waals surface area (Å²) in [6.45, 7) is 0.0648. The number of hydrazine groups is 1. The Labute approximate surface area is 265 Å². The predicted molar refractivity (Wildman–Crippen MR) is 155 cm³/mol. The normalized spacial score (nSPS) is 29.5. The molecular formula is C32H36N2O12. The lowest BCUT2D eigenvalue weighted by Gasteiger charge is -2.44. The molecule has 2 aromatic carbocycles. The van der Waals surface area contributed by atoms with Crippen LogP contribution < -0.4 is 0 Å². The summed E-state index contributed by atoms with van der Waals surface area (Å²) in [6, 6.07) is 17.5. The maximum atomic E-state index is 14.0. The van der Waals surface area contributed by atoms with Crippen molar-refractivity contribution < 1.29 is 57.1 Å². The van der Waals surface area contributed by atoms with Crippen LogP contribution in [0.3, 0.4) is 0 Å². The number of rotatable bonds is 12. The van der Waals surface area contributed by atoms with Gasteiger partial charge in [0.2, 0.25) is 5.91 Å². The fourth-order valence-corrected chi connectivity index (χ4v) is 6.73. The Bertz CT molecular complexity index is 1460. The van der Waals surface area contributed by atoms with Crippen LogP contribution in [-0.4, -0.2) is 104 Å². The van der Waals surface area contributed by atoms with E-state index in [9.17, 15) is 24.0 Å². The highest BCUT2D eigenvalue weighted by Crippen LogP contribution is 2.58. The van der Waals surface area contributed by atoms with Crippen LogP contribution in [0.1, 0.15) is 24.0 Å². The van der Waals surface area contributed by atoms with Crippen molar-refractivity contribution in [2.75, 3.05) is 35.0 Å². The van der Waals surface area contributed by atoms with E-state index in [2.05, 4.69) is 0 Å². The standard InChI is InChI=1S/C32H36N2O12/c1-40-25(36)16-31(29(38)42-3)27(28(37)41-2)32(30(39)43-4)34-24(35)15-22(33(31)34)26(45-18-21-13-9-6-10-14-21)23(46-32)19-44-17-20-11-7-5-8-12-20/h5-14,22-23,26-27H,15-19H2,1-4H3/t22-,23-,26-,27-,31-,32+/m0/s1. The topological polar surface area (TPSA) is 156 Å². The number of benzene rings is 2. The van der Waals surface area contributed by atoms with Crippen LogP contribution >= 0.6 is 0 Å². The number of amides is 1. The van der Waals surface area contributed by atoms with Crippen LogP contribution in [-0.2, 0) is 70.3 Å². The van der Waals surface area contributed by atoms with Crippen molar-refractivity contribution in [3.8, 4) is 0 Å². The van der Waals surface area contributed by atoms with Gasteiger partial charge in [-0.3, -0.25) is 14.4 Å². The fourth-order valence-electron chi connectivity index (χ4n) is 6.73. The second kappa shape index (κ2) is 13.5. The average molecular weight is 641 g/mol. The summed E-state index contributed by atoms with van der Waals surface area (Å²) in [4.78, 5) is 68.7. The molecule has 3 fully saturated rings. The van der Waals surface area contributed by atoms with Gasteiger partial charge in [0.05, 0.1) is 60.7 Å². The molecule has 0 N–H and O–H groups in total. The Balaban J connectivity index is 1.69. The molecule has 0 saturated carbocycles. The van der Waals surface area contributed by atoms with Gasteiger partial charge >= 0.3 is 23.9 Å². The van der Waals surface area contributed by atoms with E-state index >= 15 is 0 Å². The Kier molecular flexibility index (Phi) is 9.72. The molecule has 0 aromatic heterocycles. The summed E-state index contributed by atoms with van der Waals surface area (Å²) in [7, 11) is 4.24. The Morgan fingerprint density at radius 3 is 2.00 bits per heavy atom. The van der Waals surface area contributed by atoms with E-state index in [-0.39, 0.29) is 26.2 Å². The van der Waals surface area contributed by atoms with Crippen molar-refractivity contribution >= 4 is 29.8 Å². The van der Waals surface area contributed by atoms with Crippen LogP contribution in [0.5, 0.6) is 0 Å². The zero-order valence-electron chi connectivity index (χ0n) is 25.9. The summed E-state index contributed by atoms with van der Waals surface area (Å²) >= 11 is 0. The summed E-state index contributed by atoms with van der Waals surface area (Å²) in [5.41, 5.74) is -3.31. The molecule has 3 aliphatic rings. The molecule has 14 nitrogen and oxygen atoms in total. The zero-order valence-corrected chi connectivity index (χ0v) is 25.9. The number of nitrogens with zero attached hydrogens (tertiary/aromatic N) is 2. The molecule has 3 saturated heterocycles. The lowest BCUT2D eigenvalue weighted by Crippen LogP contribution is -2.68. The van der Waals surface area contributed by atoms with Gasteiger partial charge in [-0.1, -0.05) is 60.7 Å². The smallest absolute Gasteiger partial charge is 0.362 e. The van der Waals surface area contributed by atoms with Gasteiger partial charge in [-0.25, -0.2) is 14.6 Å². The van der Waals surface area contributed by atoms with Crippen LogP contribution in [0.2, 0.25) is 0 Å². The maximum Gasteiger partial charge on any atom is 0.362 e. The van der Waals surface area contributed by atoms with Crippen molar-refractivity contribution in [3.05, 3.63) is 71.8 Å². The largest absolute Gasteiger partial charge is 0.469 e. The second-order valence-electron chi connectivity index (χ2n) is 11.1. The SMILES string of the molecule is COC(=O)C[C@@]1(C(=O)OC)[C@H](C(=O)OC)[C@]2(C(=O)OC)O[C@@H](COCc3ccccc3)[C@@H](OCc3ccccc3)[C@@H]3CC(=O)N2N31.